The van der Waals surface area contributed by atoms with Crippen molar-refractivity contribution in [2.45, 2.75) is 18.4 Å². The summed E-state index contributed by atoms with van der Waals surface area (Å²) in [7, 11) is 2.04. The summed E-state index contributed by atoms with van der Waals surface area (Å²) in [5.74, 6) is 3.86. The highest BCUT2D eigenvalue weighted by atomic mass is 15.3. The molecule has 1 unspecified atom stereocenters. The SMILES string of the molecule is C#CCN1CCC(C2(c3cccc(-c4ccccc4)c3)CN(C)C(N)=N2)CC1. The summed E-state index contributed by atoms with van der Waals surface area (Å²) in [6, 6.07) is 19.4. The van der Waals surface area contributed by atoms with E-state index in [-0.39, 0.29) is 5.54 Å². The van der Waals surface area contributed by atoms with Crippen LogP contribution in [0.25, 0.3) is 11.1 Å². The quantitative estimate of drug-likeness (QED) is 0.839. The first-order valence-electron chi connectivity index (χ1n) is 10.0. The lowest BCUT2D eigenvalue weighted by Crippen LogP contribution is -2.45. The van der Waals surface area contributed by atoms with Crippen LogP contribution in [-0.4, -0.2) is 49.0 Å². The summed E-state index contributed by atoms with van der Waals surface area (Å²) in [4.78, 5) is 9.51. The largest absolute Gasteiger partial charge is 0.370 e. The minimum Gasteiger partial charge on any atom is -0.370 e. The van der Waals surface area contributed by atoms with Gasteiger partial charge < -0.3 is 10.6 Å². The van der Waals surface area contributed by atoms with Crippen molar-refractivity contribution < 1.29 is 0 Å². The normalized spacial score (nSPS) is 23.4. The third kappa shape index (κ3) is 3.39. The van der Waals surface area contributed by atoms with E-state index in [1.165, 1.54) is 16.7 Å². The summed E-state index contributed by atoms with van der Waals surface area (Å²) in [6.07, 6.45) is 7.68. The van der Waals surface area contributed by atoms with Gasteiger partial charge in [-0.15, -0.1) is 6.42 Å². The molecule has 2 aromatic carbocycles. The Labute approximate surface area is 168 Å². The van der Waals surface area contributed by atoms with Crippen LogP contribution in [0.4, 0.5) is 0 Å². The topological polar surface area (TPSA) is 44.9 Å². The van der Waals surface area contributed by atoms with E-state index < -0.39 is 0 Å². The fourth-order valence-electron chi connectivity index (χ4n) is 4.68. The number of likely N-dealkylation sites (tertiary alicyclic amines) is 1. The molecule has 2 N–H and O–H groups in total. The Kier molecular flexibility index (Phi) is 5.11. The molecule has 2 aliphatic heterocycles. The monoisotopic (exact) mass is 372 g/mol. The molecule has 0 saturated carbocycles. The second kappa shape index (κ2) is 7.69. The van der Waals surface area contributed by atoms with Crippen molar-refractivity contribution >= 4 is 5.96 Å². The van der Waals surface area contributed by atoms with Crippen molar-refractivity contribution in [3.8, 4) is 23.5 Å². The van der Waals surface area contributed by atoms with E-state index in [0.29, 0.717) is 11.9 Å². The number of nitrogens with two attached hydrogens (primary N) is 1. The highest BCUT2D eigenvalue weighted by Crippen LogP contribution is 2.44. The number of nitrogens with zero attached hydrogens (tertiary/aromatic N) is 3. The maximum absolute atomic E-state index is 6.26. The molecule has 0 aromatic heterocycles. The number of likely N-dealkylation sites (N-methyl/N-ethyl adjacent to an activating group) is 1. The van der Waals surface area contributed by atoms with Gasteiger partial charge in [-0.2, -0.15) is 0 Å². The van der Waals surface area contributed by atoms with Gasteiger partial charge >= 0.3 is 0 Å². The molecule has 144 valence electrons. The van der Waals surface area contributed by atoms with Crippen LogP contribution in [0.3, 0.4) is 0 Å². The van der Waals surface area contributed by atoms with Gasteiger partial charge in [0.05, 0.1) is 13.1 Å². The van der Waals surface area contributed by atoms with Crippen LogP contribution in [-0.2, 0) is 5.54 Å². The predicted molar refractivity (Wildman–Crippen MR) is 116 cm³/mol. The zero-order valence-corrected chi connectivity index (χ0v) is 16.5. The Morgan fingerprint density at radius 3 is 2.46 bits per heavy atom. The van der Waals surface area contributed by atoms with E-state index in [4.69, 9.17) is 17.1 Å². The zero-order chi connectivity index (χ0) is 19.6. The average Bonchev–Trinajstić information content (AvgIpc) is 3.05. The molecule has 1 atom stereocenters. The van der Waals surface area contributed by atoms with Crippen molar-refractivity contribution in [1.82, 2.24) is 9.80 Å². The lowest BCUT2D eigenvalue weighted by Gasteiger charge is -2.41. The van der Waals surface area contributed by atoms with Gasteiger partial charge in [0, 0.05) is 7.05 Å². The molecule has 2 heterocycles. The Bertz CT molecular complexity index is 890. The minimum absolute atomic E-state index is 0.286. The first-order chi connectivity index (χ1) is 13.6. The van der Waals surface area contributed by atoms with Crippen LogP contribution in [0.2, 0.25) is 0 Å². The molecule has 0 amide bonds. The van der Waals surface area contributed by atoms with Crippen molar-refractivity contribution in [2.24, 2.45) is 16.6 Å². The number of benzene rings is 2. The third-order valence-corrected chi connectivity index (χ3v) is 6.23. The van der Waals surface area contributed by atoms with E-state index in [1.807, 2.05) is 7.05 Å². The summed E-state index contributed by atoms with van der Waals surface area (Å²) < 4.78 is 0. The Morgan fingerprint density at radius 1 is 1.11 bits per heavy atom. The second-order valence-electron chi connectivity index (χ2n) is 7.95. The molecule has 2 aliphatic rings. The third-order valence-electron chi connectivity index (χ3n) is 6.23. The summed E-state index contributed by atoms with van der Waals surface area (Å²) in [5, 5.41) is 0. The first kappa shape index (κ1) is 18.6. The van der Waals surface area contributed by atoms with E-state index in [9.17, 15) is 0 Å². The molecular formula is C24H28N4. The zero-order valence-electron chi connectivity index (χ0n) is 16.5. The smallest absolute Gasteiger partial charge is 0.192 e. The molecule has 0 spiro atoms. The molecule has 0 radical (unpaired) electrons. The van der Waals surface area contributed by atoms with E-state index >= 15 is 0 Å². The number of hydrogen-bond donors (Lipinski definition) is 1. The van der Waals surface area contributed by atoms with Gasteiger partial charge in [-0.05, 0) is 54.6 Å². The lowest BCUT2D eigenvalue weighted by atomic mass is 9.73. The molecule has 4 heteroatoms. The van der Waals surface area contributed by atoms with Gasteiger partial charge in [0.2, 0.25) is 0 Å². The molecule has 1 fully saturated rings. The lowest BCUT2D eigenvalue weighted by molar-refractivity contribution is 0.136. The van der Waals surface area contributed by atoms with Crippen LogP contribution in [0.5, 0.6) is 0 Å². The molecule has 0 bridgehead atoms. The standard InChI is InChI=1S/C24H28N4/c1-3-14-28-15-12-21(13-16-28)24(18-27(2)23(25)26-24)22-11-7-10-20(17-22)19-8-5-4-6-9-19/h1,4-11,17,21H,12-16,18H2,2H3,(H2,25,26). The van der Waals surface area contributed by atoms with E-state index in [1.54, 1.807) is 0 Å². The first-order valence-corrected chi connectivity index (χ1v) is 10.0. The summed E-state index contributed by atoms with van der Waals surface area (Å²) >= 11 is 0. The van der Waals surface area contributed by atoms with Crippen molar-refractivity contribution in [3.63, 3.8) is 0 Å². The summed E-state index contributed by atoms with van der Waals surface area (Å²) in [6.45, 7) is 3.60. The number of rotatable bonds is 4. The Balaban J connectivity index is 1.70. The van der Waals surface area contributed by atoms with Gasteiger partial charge in [-0.3, -0.25) is 4.90 Å². The predicted octanol–water partition coefficient (Wildman–Crippen LogP) is 3.15. The molecule has 4 rings (SSSR count). The van der Waals surface area contributed by atoms with Crippen LogP contribution in [0.15, 0.2) is 59.6 Å². The fraction of sp³-hybridized carbons (Fsp3) is 0.375. The number of aliphatic imine (C=N–C) groups is 1. The van der Waals surface area contributed by atoms with Gasteiger partial charge in [0.25, 0.3) is 0 Å². The number of hydrogen-bond acceptors (Lipinski definition) is 4. The van der Waals surface area contributed by atoms with Gasteiger partial charge in [-0.1, -0.05) is 54.5 Å². The Hall–Kier alpha value is -2.77. The molecule has 28 heavy (non-hydrogen) atoms. The van der Waals surface area contributed by atoms with Crippen molar-refractivity contribution in [3.05, 3.63) is 60.2 Å². The van der Waals surface area contributed by atoms with Gasteiger partial charge in [0.15, 0.2) is 5.96 Å². The highest BCUT2D eigenvalue weighted by Gasteiger charge is 2.46. The highest BCUT2D eigenvalue weighted by molar-refractivity contribution is 5.81. The maximum atomic E-state index is 6.26. The summed E-state index contributed by atoms with van der Waals surface area (Å²) in [5.41, 5.74) is 9.69. The van der Waals surface area contributed by atoms with Gasteiger partial charge in [0.1, 0.15) is 5.54 Å². The number of terminal acetylenes is 1. The van der Waals surface area contributed by atoms with Crippen molar-refractivity contribution in [1.29, 1.82) is 0 Å². The molecule has 1 saturated heterocycles. The van der Waals surface area contributed by atoms with Crippen molar-refractivity contribution in [2.75, 3.05) is 33.2 Å². The second-order valence-corrected chi connectivity index (χ2v) is 7.95. The molecular weight excluding hydrogens is 344 g/mol. The van der Waals surface area contributed by atoms with E-state index in [2.05, 4.69) is 70.3 Å². The fourth-order valence-corrected chi connectivity index (χ4v) is 4.68. The molecule has 2 aromatic rings. The Morgan fingerprint density at radius 2 is 1.82 bits per heavy atom. The number of guanidine groups is 1. The van der Waals surface area contributed by atoms with Crippen LogP contribution in [0, 0.1) is 18.3 Å². The van der Waals surface area contributed by atoms with Gasteiger partial charge in [-0.25, -0.2) is 4.99 Å². The molecule has 0 aliphatic carbocycles. The maximum Gasteiger partial charge on any atom is 0.192 e. The minimum atomic E-state index is -0.286. The van der Waals surface area contributed by atoms with Crippen LogP contribution >= 0.6 is 0 Å². The number of piperidine rings is 1. The van der Waals surface area contributed by atoms with Crippen LogP contribution in [0.1, 0.15) is 18.4 Å². The van der Waals surface area contributed by atoms with E-state index in [0.717, 1.165) is 39.0 Å². The average molecular weight is 373 g/mol. The van der Waals surface area contributed by atoms with Crippen LogP contribution < -0.4 is 5.73 Å². The molecule has 4 nitrogen and oxygen atoms in total.